The van der Waals surface area contributed by atoms with Crippen molar-refractivity contribution in [3.05, 3.63) is 40.5 Å². The van der Waals surface area contributed by atoms with Crippen LogP contribution in [0.2, 0.25) is 5.02 Å². The Hall–Kier alpha value is -2.51. The first-order chi connectivity index (χ1) is 12.9. The van der Waals surface area contributed by atoms with E-state index in [9.17, 15) is 9.90 Å². The number of pyridine rings is 1. The van der Waals surface area contributed by atoms with E-state index < -0.39 is 5.97 Å². The second-order valence-corrected chi connectivity index (χ2v) is 6.25. The van der Waals surface area contributed by atoms with Crippen molar-refractivity contribution in [1.82, 2.24) is 4.98 Å². The molecule has 1 unspecified atom stereocenters. The number of halogens is 1. The van der Waals surface area contributed by atoms with Crippen LogP contribution in [-0.2, 0) is 4.74 Å². The maximum absolute atomic E-state index is 12.4. The van der Waals surface area contributed by atoms with Crippen molar-refractivity contribution in [2.75, 3.05) is 26.1 Å². The Morgan fingerprint density at radius 2 is 2.04 bits per heavy atom. The van der Waals surface area contributed by atoms with Crippen LogP contribution in [0.1, 0.15) is 29.4 Å². The second kappa shape index (κ2) is 9.43. The molecule has 1 atom stereocenters. The quantitative estimate of drug-likeness (QED) is 0.658. The fourth-order valence-corrected chi connectivity index (χ4v) is 2.62. The van der Waals surface area contributed by atoms with Gasteiger partial charge in [-0.15, -0.1) is 0 Å². The first kappa shape index (κ1) is 20.8. The molecule has 1 heterocycles. The number of benzene rings is 1. The number of aryl methyl sites for hydroxylation is 1. The maximum atomic E-state index is 12.4. The van der Waals surface area contributed by atoms with Crippen LogP contribution < -0.4 is 14.8 Å². The van der Waals surface area contributed by atoms with Crippen molar-refractivity contribution in [1.29, 1.82) is 0 Å². The summed E-state index contributed by atoms with van der Waals surface area (Å²) in [5, 5.41) is 13.1. The largest absolute Gasteiger partial charge is 0.493 e. The highest BCUT2D eigenvalue weighted by Gasteiger charge is 2.24. The van der Waals surface area contributed by atoms with Gasteiger partial charge in [0.2, 0.25) is 5.88 Å². The number of aliphatic hydroxyl groups excluding tert-OH is 1. The van der Waals surface area contributed by atoms with E-state index in [4.69, 9.17) is 25.8 Å². The number of hydrogen-bond acceptors (Lipinski definition) is 7. The number of aromatic nitrogens is 1. The van der Waals surface area contributed by atoms with Crippen LogP contribution in [0.5, 0.6) is 17.4 Å². The van der Waals surface area contributed by atoms with Crippen molar-refractivity contribution in [2.24, 2.45) is 0 Å². The predicted molar refractivity (Wildman–Crippen MR) is 103 cm³/mol. The third-order valence-corrected chi connectivity index (χ3v) is 4.14. The minimum atomic E-state index is -0.610. The zero-order chi connectivity index (χ0) is 20.0. The summed E-state index contributed by atoms with van der Waals surface area (Å²) < 4.78 is 16.1. The maximum Gasteiger partial charge on any atom is 0.345 e. The monoisotopic (exact) mass is 394 g/mol. The molecule has 27 heavy (non-hydrogen) atoms. The van der Waals surface area contributed by atoms with E-state index in [0.717, 1.165) is 0 Å². The summed E-state index contributed by atoms with van der Waals surface area (Å²) in [5.74, 6) is 0.210. The van der Waals surface area contributed by atoms with Crippen LogP contribution >= 0.6 is 11.6 Å². The molecule has 0 spiro atoms. The molecule has 2 N–H and O–H groups in total. The van der Waals surface area contributed by atoms with Gasteiger partial charge in [0.1, 0.15) is 5.56 Å². The molecule has 1 aromatic carbocycles. The molecular weight excluding hydrogens is 372 g/mol. The van der Waals surface area contributed by atoms with Crippen LogP contribution in [0.3, 0.4) is 0 Å². The van der Waals surface area contributed by atoms with Crippen LogP contribution in [-0.4, -0.2) is 42.9 Å². The third kappa shape index (κ3) is 5.02. The summed E-state index contributed by atoms with van der Waals surface area (Å²) in [7, 11) is 2.77. The number of ether oxygens (including phenoxy) is 3. The number of nitrogens with zero attached hydrogens (tertiary/aromatic N) is 1. The lowest BCUT2D eigenvalue weighted by molar-refractivity contribution is 0.0598. The highest BCUT2D eigenvalue weighted by atomic mass is 35.5. The van der Waals surface area contributed by atoms with E-state index in [1.165, 1.54) is 14.2 Å². The molecule has 2 rings (SSSR count). The highest BCUT2D eigenvalue weighted by Crippen LogP contribution is 2.36. The number of nitrogens with one attached hydrogen (secondary N) is 1. The third-order valence-electron chi connectivity index (χ3n) is 3.91. The number of carbonyl (C=O) groups excluding carboxylic acids is 1. The van der Waals surface area contributed by atoms with Crippen LogP contribution in [0.15, 0.2) is 24.3 Å². The van der Waals surface area contributed by atoms with Crippen molar-refractivity contribution in [3.8, 4) is 17.4 Å². The SMILES string of the molecule is CCC(CO)Nc1cc(C)nc(Oc2ccc(Cl)cc2OC)c1C(=O)OC. The van der Waals surface area contributed by atoms with E-state index in [0.29, 0.717) is 34.3 Å². The zero-order valence-electron chi connectivity index (χ0n) is 15.7. The molecule has 0 saturated carbocycles. The summed E-state index contributed by atoms with van der Waals surface area (Å²) >= 11 is 5.98. The van der Waals surface area contributed by atoms with Gasteiger partial charge >= 0.3 is 5.97 Å². The van der Waals surface area contributed by atoms with Gasteiger partial charge in [-0.2, -0.15) is 0 Å². The molecule has 1 aromatic heterocycles. The Bertz CT molecular complexity index is 809. The first-order valence-corrected chi connectivity index (χ1v) is 8.80. The van der Waals surface area contributed by atoms with Crippen molar-refractivity contribution in [3.63, 3.8) is 0 Å². The van der Waals surface area contributed by atoms with E-state index in [1.807, 2.05) is 6.92 Å². The Labute approximate surface area is 163 Å². The van der Waals surface area contributed by atoms with Gasteiger partial charge in [-0.3, -0.25) is 0 Å². The molecule has 0 radical (unpaired) electrons. The van der Waals surface area contributed by atoms with E-state index in [1.54, 1.807) is 31.2 Å². The predicted octanol–water partition coefficient (Wildman–Crippen LogP) is 3.81. The summed E-state index contributed by atoms with van der Waals surface area (Å²) in [6.45, 7) is 3.62. The van der Waals surface area contributed by atoms with Gasteiger partial charge in [0.25, 0.3) is 0 Å². The smallest absolute Gasteiger partial charge is 0.345 e. The Balaban J connectivity index is 2.54. The normalized spacial score (nSPS) is 11.6. The Kier molecular flexibility index (Phi) is 7.27. The lowest BCUT2D eigenvalue weighted by Crippen LogP contribution is -2.24. The summed E-state index contributed by atoms with van der Waals surface area (Å²) in [6.07, 6.45) is 0.666. The van der Waals surface area contributed by atoms with Crippen molar-refractivity contribution >= 4 is 23.3 Å². The van der Waals surface area contributed by atoms with Gasteiger partial charge < -0.3 is 24.6 Å². The molecule has 0 bridgehead atoms. The molecule has 0 saturated heterocycles. The number of rotatable bonds is 8. The Morgan fingerprint density at radius 3 is 2.63 bits per heavy atom. The van der Waals surface area contributed by atoms with E-state index in [-0.39, 0.29) is 24.1 Å². The molecule has 2 aromatic rings. The van der Waals surface area contributed by atoms with Gasteiger partial charge in [0, 0.05) is 22.8 Å². The summed E-state index contributed by atoms with van der Waals surface area (Å²) in [5.41, 5.74) is 1.23. The molecule has 0 fully saturated rings. The first-order valence-electron chi connectivity index (χ1n) is 8.42. The average Bonchev–Trinajstić information content (AvgIpc) is 2.66. The van der Waals surface area contributed by atoms with Gasteiger partial charge in [0.05, 0.1) is 26.5 Å². The molecule has 8 heteroatoms. The standard InChI is InChI=1S/C19H23ClN2O5/c1-5-13(10-23)22-14-8-11(2)21-18(17(14)19(24)26-4)27-15-7-6-12(20)9-16(15)25-3/h6-9,13,23H,5,10H2,1-4H3,(H,21,22). The number of esters is 1. The summed E-state index contributed by atoms with van der Waals surface area (Å²) in [4.78, 5) is 16.8. The van der Waals surface area contributed by atoms with E-state index in [2.05, 4.69) is 10.3 Å². The van der Waals surface area contributed by atoms with Gasteiger partial charge in [0.15, 0.2) is 11.5 Å². The van der Waals surface area contributed by atoms with Crippen LogP contribution in [0.25, 0.3) is 0 Å². The van der Waals surface area contributed by atoms with Crippen molar-refractivity contribution in [2.45, 2.75) is 26.3 Å². The Morgan fingerprint density at radius 1 is 1.30 bits per heavy atom. The number of methoxy groups -OCH3 is 2. The van der Waals surface area contributed by atoms with Crippen LogP contribution in [0, 0.1) is 6.92 Å². The zero-order valence-corrected chi connectivity index (χ0v) is 16.5. The molecule has 0 amide bonds. The minimum Gasteiger partial charge on any atom is -0.493 e. The second-order valence-electron chi connectivity index (χ2n) is 5.81. The lowest BCUT2D eigenvalue weighted by Gasteiger charge is -2.20. The fourth-order valence-electron chi connectivity index (χ4n) is 2.46. The van der Waals surface area contributed by atoms with E-state index >= 15 is 0 Å². The highest BCUT2D eigenvalue weighted by molar-refractivity contribution is 6.30. The van der Waals surface area contributed by atoms with Gasteiger partial charge in [-0.1, -0.05) is 18.5 Å². The average molecular weight is 395 g/mol. The number of hydrogen-bond donors (Lipinski definition) is 2. The molecule has 146 valence electrons. The molecule has 0 aliphatic carbocycles. The van der Waals surface area contributed by atoms with Crippen LogP contribution in [0.4, 0.5) is 5.69 Å². The minimum absolute atomic E-state index is 0.0674. The molecule has 0 aliphatic heterocycles. The lowest BCUT2D eigenvalue weighted by atomic mass is 10.1. The molecule has 0 aliphatic rings. The fraction of sp³-hybridized carbons (Fsp3) is 0.368. The molecule has 7 nitrogen and oxygen atoms in total. The van der Waals surface area contributed by atoms with Gasteiger partial charge in [-0.05, 0) is 31.5 Å². The van der Waals surface area contributed by atoms with Gasteiger partial charge in [-0.25, -0.2) is 9.78 Å². The summed E-state index contributed by atoms with van der Waals surface area (Å²) in [6, 6.07) is 6.35. The molecular formula is C19H23ClN2O5. The number of carbonyl (C=O) groups is 1. The van der Waals surface area contributed by atoms with Crippen molar-refractivity contribution < 1.29 is 24.1 Å². The topological polar surface area (TPSA) is 89.9 Å². The number of anilines is 1. The number of aliphatic hydroxyl groups is 1.